The smallest absolute Gasteiger partial charge is 0.744 e. The molecule has 66 valence electrons. The van der Waals surface area contributed by atoms with E-state index in [9.17, 15) is 13.0 Å². The Morgan fingerprint density at radius 3 is 2.15 bits per heavy atom. The van der Waals surface area contributed by atoms with Crippen molar-refractivity contribution in [3.63, 3.8) is 0 Å². The molecule has 0 atom stereocenters. The normalized spacial score (nSPS) is 10.5. The van der Waals surface area contributed by atoms with Crippen molar-refractivity contribution in [2.45, 2.75) is 4.90 Å². The Labute approximate surface area is 88.0 Å². The molecule has 5 nitrogen and oxygen atoms in total. The molecule has 0 heterocycles. The van der Waals surface area contributed by atoms with Crippen LogP contribution in [0.4, 0.5) is 11.4 Å². The Morgan fingerprint density at radius 2 is 1.77 bits per heavy atom. The SMILES string of the molecule is Nc1cccc(S(=O)(=O)[O-])c1N.[Li+]. The van der Waals surface area contributed by atoms with Crippen LogP contribution < -0.4 is 30.3 Å². The van der Waals surface area contributed by atoms with Crippen molar-refractivity contribution in [1.29, 1.82) is 0 Å². The van der Waals surface area contributed by atoms with Gasteiger partial charge in [-0.25, -0.2) is 8.42 Å². The number of rotatable bonds is 1. The molecule has 0 amide bonds. The average Bonchev–Trinajstić information content (AvgIpc) is 1.92. The molecule has 13 heavy (non-hydrogen) atoms. The minimum atomic E-state index is -4.51. The van der Waals surface area contributed by atoms with E-state index in [1.54, 1.807) is 0 Å². The van der Waals surface area contributed by atoms with Gasteiger partial charge in [0.15, 0.2) is 0 Å². The monoisotopic (exact) mass is 194 g/mol. The average molecular weight is 194 g/mol. The molecule has 0 aromatic heterocycles. The molecule has 0 unspecified atom stereocenters. The number of nitrogens with two attached hydrogens (primary N) is 2. The van der Waals surface area contributed by atoms with Crippen LogP contribution in [-0.4, -0.2) is 13.0 Å². The van der Waals surface area contributed by atoms with Gasteiger partial charge in [-0.05, 0) is 12.1 Å². The van der Waals surface area contributed by atoms with Crippen LogP contribution in [0.3, 0.4) is 0 Å². The molecule has 1 rings (SSSR count). The number of hydrogen-bond acceptors (Lipinski definition) is 5. The molecule has 0 spiro atoms. The van der Waals surface area contributed by atoms with Crippen LogP contribution in [0, 0.1) is 0 Å². The van der Waals surface area contributed by atoms with Gasteiger partial charge in [-0.1, -0.05) is 6.07 Å². The first kappa shape index (κ1) is 12.3. The van der Waals surface area contributed by atoms with Crippen LogP contribution in [0.2, 0.25) is 0 Å². The van der Waals surface area contributed by atoms with E-state index < -0.39 is 15.0 Å². The summed E-state index contributed by atoms with van der Waals surface area (Å²) < 4.78 is 31.5. The van der Waals surface area contributed by atoms with Crippen molar-refractivity contribution in [3.8, 4) is 0 Å². The number of para-hydroxylation sites is 1. The van der Waals surface area contributed by atoms with Crippen molar-refractivity contribution in [2.75, 3.05) is 11.5 Å². The van der Waals surface area contributed by atoms with E-state index in [1.165, 1.54) is 12.1 Å². The van der Waals surface area contributed by atoms with Gasteiger partial charge in [-0.3, -0.25) is 0 Å². The van der Waals surface area contributed by atoms with E-state index in [1.807, 2.05) is 0 Å². The maximum Gasteiger partial charge on any atom is 1.00 e. The molecule has 0 aliphatic rings. The fourth-order valence-electron chi connectivity index (χ4n) is 0.779. The van der Waals surface area contributed by atoms with Gasteiger partial charge in [0.25, 0.3) is 0 Å². The van der Waals surface area contributed by atoms with Gasteiger partial charge < -0.3 is 16.0 Å². The molecule has 0 saturated heterocycles. The summed E-state index contributed by atoms with van der Waals surface area (Å²) >= 11 is 0. The summed E-state index contributed by atoms with van der Waals surface area (Å²) in [6, 6.07) is 3.90. The van der Waals surface area contributed by atoms with Crippen molar-refractivity contribution in [2.24, 2.45) is 0 Å². The summed E-state index contributed by atoms with van der Waals surface area (Å²) in [5.74, 6) is 0. The van der Waals surface area contributed by atoms with Crippen LogP contribution >= 0.6 is 0 Å². The quantitative estimate of drug-likeness (QED) is 0.277. The molecular formula is C6H7LiN2O3S. The second kappa shape index (κ2) is 4.02. The Hall–Kier alpha value is -0.673. The number of hydrogen-bond donors (Lipinski definition) is 2. The summed E-state index contributed by atoms with van der Waals surface area (Å²) in [6.07, 6.45) is 0. The van der Waals surface area contributed by atoms with Crippen molar-refractivity contribution >= 4 is 21.5 Å². The molecule has 1 aromatic carbocycles. The van der Waals surface area contributed by atoms with Crippen molar-refractivity contribution < 1.29 is 31.8 Å². The summed E-state index contributed by atoms with van der Waals surface area (Å²) in [7, 11) is -4.51. The van der Waals surface area contributed by atoms with Crippen molar-refractivity contribution in [1.82, 2.24) is 0 Å². The van der Waals surface area contributed by atoms with E-state index in [2.05, 4.69) is 0 Å². The minimum Gasteiger partial charge on any atom is -0.744 e. The van der Waals surface area contributed by atoms with Gasteiger partial charge in [0.2, 0.25) is 0 Å². The largest absolute Gasteiger partial charge is 1.00 e. The first-order valence-electron chi connectivity index (χ1n) is 3.03. The topological polar surface area (TPSA) is 109 Å². The maximum atomic E-state index is 10.5. The molecule has 0 bridgehead atoms. The summed E-state index contributed by atoms with van der Waals surface area (Å²) in [4.78, 5) is -0.470. The Balaban J connectivity index is 0.00000144. The zero-order valence-corrected chi connectivity index (χ0v) is 7.84. The van der Waals surface area contributed by atoms with Gasteiger partial charge in [0, 0.05) is 0 Å². The van der Waals surface area contributed by atoms with Gasteiger partial charge in [0.1, 0.15) is 10.1 Å². The number of anilines is 2. The Kier molecular flexibility index (Phi) is 3.82. The molecule has 4 N–H and O–H groups in total. The fraction of sp³-hybridized carbons (Fsp3) is 0. The first-order chi connectivity index (χ1) is 5.43. The molecule has 0 radical (unpaired) electrons. The van der Waals surface area contributed by atoms with Gasteiger partial charge in [0.05, 0.1) is 16.3 Å². The van der Waals surface area contributed by atoms with E-state index in [-0.39, 0.29) is 30.2 Å². The van der Waals surface area contributed by atoms with Gasteiger partial charge in [-0.15, -0.1) is 0 Å². The predicted molar refractivity (Wildman–Crippen MR) is 43.2 cm³/mol. The van der Waals surface area contributed by atoms with Crippen LogP contribution in [0.15, 0.2) is 23.1 Å². The van der Waals surface area contributed by atoms with Crippen molar-refractivity contribution in [3.05, 3.63) is 18.2 Å². The third-order valence-electron chi connectivity index (χ3n) is 1.37. The minimum absolute atomic E-state index is 0. The van der Waals surface area contributed by atoms with Gasteiger partial charge >= 0.3 is 18.9 Å². The molecule has 1 aromatic rings. The van der Waals surface area contributed by atoms with Gasteiger partial charge in [-0.2, -0.15) is 0 Å². The zero-order valence-electron chi connectivity index (χ0n) is 7.02. The van der Waals surface area contributed by atoms with Crippen LogP contribution in [-0.2, 0) is 10.1 Å². The number of nitrogen functional groups attached to an aromatic ring is 2. The summed E-state index contributed by atoms with van der Waals surface area (Å²) in [5.41, 5.74) is 10.5. The second-order valence-electron chi connectivity index (χ2n) is 2.21. The predicted octanol–water partition coefficient (Wildman–Crippen LogP) is -3.24. The molecule has 0 saturated carbocycles. The van der Waals surface area contributed by atoms with E-state index >= 15 is 0 Å². The summed E-state index contributed by atoms with van der Waals surface area (Å²) in [5, 5.41) is 0. The molecule has 0 fully saturated rings. The van der Waals surface area contributed by atoms with Crippen LogP contribution in [0.1, 0.15) is 0 Å². The second-order valence-corrected chi connectivity index (χ2v) is 3.56. The van der Waals surface area contributed by atoms with Crippen LogP contribution in [0.5, 0.6) is 0 Å². The Bertz CT molecular complexity index is 404. The third-order valence-corrected chi connectivity index (χ3v) is 2.26. The third kappa shape index (κ3) is 2.64. The van der Waals surface area contributed by atoms with E-state index in [0.717, 1.165) is 6.07 Å². The Morgan fingerprint density at radius 1 is 1.23 bits per heavy atom. The first-order valence-corrected chi connectivity index (χ1v) is 4.43. The maximum absolute atomic E-state index is 10.5. The standard InChI is InChI=1S/C6H8N2O3S.Li/c7-4-2-1-3-5(6(4)8)12(9,10)11;/h1-3H,7-8H2,(H,9,10,11);/q;+1/p-1. The van der Waals surface area contributed by atoms with E-state index in [4.69, 9.17) is 11.5 Å². The zero-order chi connectivity index (χ0) is 9.35. The molecule has 7 heteroatoms. The fourth-order valence-corrected chi connectivity index (χ4v) is 1.41. The molecule has 0 aliphatic heterocycles. The summed E-state index contributed by atoms with van der Waals surface area (Å²) in [6.45, 7) is 0. The van der Waals surface area contributed by atoms with Crippen LogP contribution in [0.25, 0.3) is 0 Å². The molecular weight excluding hydrogens is 187 g/mol. The molecule has 0 aliphatic carbocycles. The van der Waals surface area contributed by atoms with E-state index in [0.29, 0.717) is 0 Å². The number of benzene rings is 1.